The van der Waals surface area contributed by atoms with Crippen molar-refractivity contribution < 1.29 is 27.2 Å². The van der Waals surface area contributed by atoms with E-state index in [9.17, 15) is 13.2 Å². The molecule has 0 N–H and O–H groups in total. The van der Waals surface area contributed by atoms with Gasteiger partial charge in [-0.25, -0.2) is 13.2 Å². The summed E-state index contributed by atoms with van der Waals surface area (Å²) in [5, 5.41) is 5.70. The first kappa shape index (κ1) is 23.5. The van der Waals surface area contributed by atoms with Gasteiger partial charge in [0, 0.05) is 29.1 Å². The van der Waals surface area contributed by atoms with Crippen molar-refractivity contribution in [3.05, 3.63) is 52.3 Å². The summed E-state index contributed by atoms with van der Waals surface area (Å²) in [5.41, 5.74) is 0.497. The third-order valence-electron chi connectivity index (χ3n) is 5.65. The van der Waals surface area contributed by atoms with Gasteiger partial charge in [-0.05, 0) is 49.4 Å². The Morgan fingerprint density at radius 1 is 1.24 bits per heavy atom. The van der Waals surface area contributed by atoms with Gasteiger partial charge in [-0.2, -0.15) is 4.31 Å². The van der Waals surface area contributed by atoms with Crippen LogP contribution in [-0.2, 0) is 21.3 Å². The highest BCUT2D eigenvalue weighted by Gasteiger charge is 2.35. The van der Waals surface area contributed by atoms with Gasteiger partial charge in [0.15, 0.2) is 11.5 Å². The van der Waals surface area contributed by atoms with E-state index in [1.54, 1.807) is 23.4 Å². The summed E-state index contributed by atoms with van der Waals surface area (Å²) in [6.45, 7) is 2.23. The molecule has 0 spiro atoms. The Morgan fingerprint density at radius 2 is 2.03 bits per heavy atom. The lowest BCUT2D eigenvalue weighted by Gasteiger charge is -2.28. The summed E-state index contributed by atoms with van der Waals surface area (Å²) in [4.78, 5) is 13.0. The number of methoxy groups -OCH3 is 1. The van der Waals surface area contributed by atoms with E-state index in [2.05, 4.69) is 5.16 Å². The molecule has 0 bridgehead atoms. The Balaban J connectivity index is 1.73. The minimum atomic E-state index is -3.89. The topological polar surface area (TPSA) is 98.9 Å². The molecular weight excluding hydrogens is 464 g/mol. The number of rotatable bonds is 9. The molecule has 0 amide bonds. The molecule has 1 saturated carbocycles. The van der Waals surface area contributed by atoms with E-state index in [1.165, 1.54) is 30.6 Å². The zero-order chi connectivity index (χ0) is 23.4. The number of carbonyl (C=O) groups is 1. The van der Waals surface area contributed by atoms with Gasteiger partial charge < -0.3 is 14.0 Å². The van der Waals surface area contributed by atoms with Crippen LogP contribution in [0.2, 0.25) is 0 Å². The molecule has 0 aliphatic heterocycles. The van der Waals surface area contributed by atoms with Crippen molar-refractivity contribution >= 4 is 27.3 Å². The van der Waals surface area contributed by atoms with E-state index in [1.807, 2.05) is 17.5 Å². The molecule has 8 nitrogen and oxygen atoms in total. The van der Waals surface area contributed by atoms with Crippen molar-refractivity contribution in [2.75, 3.05) is 13.7 Å². The highest BCUT2D eigenvalue weighted by atomic mass is 32.2. The Labute approximate surface area is 197 Å². The Hall–Kier alpha value is -2.69. The van der Waals surface area contributed by atoms with Crippen LogP contribution in [0, 0.1) is 0 Å². The summed E-state index contributed by atoms with van der Waals surface area (Å²) in [6, 6.07) is 10.0. The minimum Gasteiger partial charge on any atom is -0.495 e. The minimum absolute atomic E-state index is 0.0253. The molecular formula is C23H26N2O6S2. The first-order valence-electron chi connectivity index (χ1n) is 10.8. The summed E-state index contributed by atoms with van der Waals surface area (Å²) < 4.78 is 45.1. The highest BCUT2D eigenvalue weighted by molar-refractivity contribution is 7.89. The lowest BCUT2D eigenvalue weighted by atomic mass is 10.1. The lowest BCUT2D eigenvalue weighted by molar-refractivity contribution is 0.0514. The van der Waals surface area contributed by atoms with Crippen LogP contribution in [0.25, 0.3) is 11.3 Å². The summed E-state index contributed by atoms with van der Waals surface area (Å²) >= 11 is 1.54. The molecule has 0 saturated heterocycles. The van der Waals surface area contributed by atoms with Crippen LogP contribution in [0.1, 0.15) is 48.0 Å². The quantitative estimate of drug-likeness (QED) is 0.400. The molecule has 176 valence electrons. The molecule has 4 rings (SSSR count). The van der Waals surface area contributed by atoms with Crippen molar-refractivity contribution in [3.63, 3.8) is 0 Å². The average molecular weight is 491 g/mol. The van der Waals surface area contributed by atoms with E-state index in [0.717, 1.165) is 30.6 Å². The standard InChI is InChI=1S/C23H26N2O6S2/c1-3-30-23(26)19-14-21(31-24-19)16-10-11-20(29-2)22(13-16)33(27,28)25(17-7-4-5-8-17)15-18-9-6-12-32-18/h6,9-14,17H,3-5,7-8,15H2,1-2H3. The fraction of sp³-hybridized carbons (Fsp3) is 0.391. The zero-order valence-corrected chi connectivity index (χ0v) is 20.2. The van der Waals surface area contributed by atoms with Gasteiger partial charge >= 0.3 is 5.97 Å². The number of nitrogens with zero attached hydrogens (tertiary/aromatic N) is 2. The molecule has 0 atom stereocenters. The maximum atomic E-state index is 13.9. The van der Waals surface area contributed by atoms with Gasteiger partial charge in [-0.1, -0.05) is 24.1 Å². The second-order valence-electron chi connectivity index (χ2n) is 7.73. The molecule has 3 aromatic rings. The van der Waals surface area contributed by atoms with Crippen LogP contribution in [-0.4, -0.2) is 43.6 Å². The largest absolute Gasteiger partial charge is 0.495 e. The molecule has 0 radical (unpaired) electrons. The molecule has 1 aliphatic rings. The van der Waals surface area contributed by atoms with Crippen LogP contribution in [0.15, 0.2) is 51.2 Å². The number of aromatic nitrogens is 1. The summed E-state index contributed by atoms with van der Waals surface area (Å²) in [6.07, 6.45) is 3.68. The Bertz CT molecular complexity index is 1200. The van der Waals surface area contributed by atoms with E-state index in [4.69, 9.17) is 14.0 Å². The van der Waals surface area contributed by atoms with Crippen LogP contribution >= 0.6 is 11.3 Å². The number of benzene rings is 1. The normalized spacial score (nSPS) is 14.6. The summed E-state index contributed by atoms with van der Waals surface area (Å²) in [7, 11) is -2.45. The van der Waals surface area contributed by atoms with Gasteiger partial charge in [-0.3, -0.25) is 0 Å². The van der Waals surface area contributed by atoms with Gasteiger partial charge in [-0.15, -0.1) is 11.3 Å². The van der Waals surface area contributed by atoms with Crippen LogP contribution in [0.5, 0.6) is 5.75 Å². The van der Waals surface area contributed by atoms with Crippen LogP contribution in [0.3, 0.4) is 0 Å². The fourth-order valence-corrected chi connectivity index (χ4v) is 6.66. The first-order chi connectivity index (χ1) is 15.9. The third-order valence-corrected chi connectivity index (χ3v) is 8.43. The summed E-state index contributed by atoms with van der Waals surface area (Å²) in [5.74, 6) is -0.0851. The SMILES string of the molecule is CCOC(=O)c1cc(-c2ccc(OC)c(S(=O)(=O)N(Cc3cccs3)C3CCCC3)c2)on1. The van der Waals surface area contributed by atoms with Gasteiger partial charge in [0.2, 0.25) is 10.0 Å². The second kappa shape index (κ2) is 10.1. The fourth-order valence-electron chi connectivity index (χ4n) is 4.03. The number of esters is 1. The van der Waals surface area contributed by atoms with Gasteiger partial charge in [0.1, 0.15) is 10.6 Å². The molecule has 33 heavy (non-hydrogen) atoms. The molecule has 1 aliphatic carbocycles. The molecule has 2 heterocycles. The molecule has 1 aromatic carbocycles. The van der Waals surface area contributed by atoms with Crippen molar-refractivity contribution in [1.29, 1.82) is 0 Å². The number of hydrogen-bond acceptors (Lipinski definition) is 8. The number of thiophene rings is 1. The number of carbonyl (C=O) groups excluding carboxylic acids is 1. The molecule has 1 fully saturated rings. The van der Waals surface area contributed by atoms with E-state index < -0.39 is 16.0 Å². The van der Waals surface area contributed by atoms with Crippen molar-refractivity contribution in [2.45, 2.75) is 50.1 Å². The molecule has 0 unspecified atom stereocenters. The zero-order valence-electron chi connectivity index (χ0n) is 18.5. The highest BCUT2D eigenvalue weighted by Crippen LogP contribution is 2.36. The van der Waals surface area contributed by atoms with E-state index in [0.29, 0.717) is 12.1 Å². The van der Waals surface area contributed by atoms with E-state index >= 15 is 0 Å². The third kappa shape index (κ3) is 4.97. The van der Waals surface area contributed by atoms with E-state index in [-0.39, 0.29) is 34.7 Å². The lowest BCUT2D eigenvalue weighted by Crippen LogP contribution is -2.38. The number of hydrogen-bond donors (Lipinski definition) is 0. The predicted molar refractivity (Wildman–Crippen MR) is 124 cm³/mol. The second-order valence-corrected chi connectivity index (χ2v) is 10.6. The van der Waals surface area contributed by atoms with Crippen molar-refractivity contribution in [3.8, 4) is 17.1 Å². The smallest absolute Gasteiger partial charge is 0.360 e. The Morgan fingerprint density at radius 3 is 2.70 bits per heavy atom. The Kier molecular flexibility index (Phi) is 7.16. The maximum absolute atomic E-state index is 13.9. The number of sulfonamides is 1. The van der Waals surface area contributed by atoms with Gasteiger partial charge in [0.25, 0.3) is 0 Å². The molecule has 10 heteroatoms. The van der Waals surface area contributed by atoms with Crippen molar-refractivity contribution in [1.82, 2.24) is 9.46 Å². The average Bonchev–Trinajstić information content (AvgIpc) is 3.59. The first-order valence-corrected chi connectivity index (χ1v) is 13.1. The maximum Gasteiger partial charge on any atom is 0.360 e. The van der Waals surface area contributed by atoms with Crippen molar-refractivity contribution in [2.24, 2.45) is 0 Å². The van der Waals surface area contributed by atoms with Crippen LogP contribution in [0.4, 0.5) is 0 Å². The monoisotopic (exact) mass is 490 g/mol. The predicted octanol–water partition coefficient (Wildman–Crippen LogP) is 4.72. The van der Waals surface area contributed by atoms with Crippen LogP contribution < -0.4 is 4.74 Å². The molecule has 2 aromatic heterocycles. The number of ether oxygens (including phenoxy) is 2. The van der Waals surface area contributed by atoms with Gasteiger partial charge in [0.05, 0.1) is 13.7 Å².